The first kappa shape index (κ1) is 15.6. The van der Waals surface area contributed by atoms with E-state index in [1.807, 2.05) is 25.3 Å². The maximum atomic E-state index is 12.7. The molecular formula is C17H19N5O3. The number of amides is 1. The highest BCUT2D eigenvalue weighted by molar-refractivity contribution is 6.06. The lowest BCUT2D eigenvalue weighted by molar-refractivity contribution is 0.0906. The lowest BCUT2D eigenvalue weighted by Crippen LogP contribution is -2.45. The molecule has 3 heterocycles. The number of ether oxygens (including phenoxy) is 2. The fourth-order valence-corrected chi connectivity index (χ4v) is 2.95. The summed E-state index contributed by atoms with van der Waals surface area (Å²) in [7, 11) is 0. The van der Waals surface area contributed by atoms with Gasteiger partial charge < -0.3 is 14.8 Å². The zero-order chi connectivity index (χ0) is 17.2. The van der Waals surface area contributed by atoms with Gasteiger partial charge in [-0.15, -0.1) is 0 Å². The summed E-state index contributed by atoms with van der Waals surface area (Å²) in [6.45, 7) is 3.63. The predicted octanol–water partition coefficient (Wildman–Crippen LogP) is 1.36. The van der Waals surface area contributed by atoms with Crippen LogP contribution >= 0.6 is 0 Å². The number of rotatable bonds is 5. The van der Waals surface area contributed by atoms with Crippen molar-refractivity contribution in [3.8, 4) is 5.75 Å². The monoisotopic (exact) mass is 341 g/mol. The van der Waals surface area contributed by atoms with Crippen LogP contribution in [-0.4, -0.2) is 51.2 Å². The van der Waals surface area contributed by atoms with Crippen molar-refractivity contribution in [3.63, 3.8) is 0 Å². The standard InChI is InChI=1S/C17H19N5O3/c1-2-22-8-11(6-19-22)25-16-10-24-9-15(16)20-17(23)12-4-3-5-14-13(12)7-18-21-14/h3-8,15-16H,2,9-10H2,1H3,(H,18,21)(H,20,23)/t15-,16+/m0/s1. The topological polar surface area (TPSA) is 94.1 Å². The molecule has 3 aromatic rings. The summed E-state index contributed by atoms with van der Waals surface area (Å²) in [6, 6.07) is 5.27. The number of aromatic nitrogens is 4. The van der Waals surface area contributed by atoms with E-state index in [1.54, 1.807) is 23.1 Å². The number of aryl methyl sites for hydroxylation is 1. The molecule has 4 rings (SSSR count). The summed E-state index contributed by atoms with van der Waals surface area (Å²) in [4.78, 5) is 12.7. The molecule has 0 spiro atoms. The van der Waals surface area contributed by atoms with Crippen LogP contribution in [0.5, 0.6) is 5.75 Å². The first-order valence-electron chi connectivity index (χ1n) is 8.24. The maximum Gasteiger partial charge on any atom is 0.252 e. The Morgan fingerprint density at radius 2 is 2.36 bits per heavy atom. The van der Waals surface area contributed by atoms with Gasteiger partial charge in [-0.2, -0.15) is 10.2 Å². The molecule has 1 amide bonds. The second kappa shape index (κ2) is 6.56. The van der Waals surface area contributed by atoms with Gasteiger partial charge in [0.2, 0.25) is 0 Å². The summed E-state index contributed by atoms with van der Waals surface area (Å²) in [6.07, 6.45) is 4.92. The van der Waals surface area contributed by atoms with Crippen molar-refractivity contribution >= 4 is 16.8 Å². The Hall–Kier alpha value is -2.87. The van der Waals surface area contributed by atoms with Crippen molar-refractivity contribution in [2.75, 3.05) is 13.2 Å². The molecule has 2 atom stereocenters. The third-order valence-electron chi connectivity index (χ3n) is 4.30. The summed E-state index contributed by atoms with van der Waals surface area (Å²) in [5.41, 5.74) is 1.41. The number of nitrogens with zero attached hydrogens (tertiary/aromatic N) is 3. The second-order valence-electron chi connectivity index (χ2n) is 5.94. The molecule has 8 heteroatoms. The second-order valence-corrected chi connectivity index (χ2v) is 5.94. The third-order valence-corrected chi connectivity index (χ3v) is 4.30. The van der Waals surface area contributed by atoms with Gasteiger partial charge in [0, 0.05) is 11.9 Å². The average molecular weight is 341 g/mol. The molecule has 2 aromatic heterocycles. The third kappa shape index (κ3) is 3.08. The number of fused-ring (bicyclic) bond motifs is 1. The summed E-state index contributed by atoms with van der Waals surface area (Å²) < 4.78 is 13.2. The van der Waals surface area contributed by atoms with E-state index in [0.717, 1.165) is 17.4 Å². The van der Waals surface area contributed by atoms with E-state index in [2.05, 4.69) is 20.6 Å². The van der Waals surface area contributed by atoms with Crippen molar-refractivity contribution in [3.05, 3.63) is 42.4 Å². The molecule has 8 nitrogen and oxygen atoms in total. The SMILES string of the molecule is CCn1cc(O[C@@H]2COC[C@@H]2NC(=O)c2cccc3[nH]ncc23)cn1. The fraction of sp³-hybridized carbons (Fsp3) is 0.353. The van der Waals surface area contributed by atoms with Crippen molar-refractivity contribution in [1.29, 1.82) is 0 Å². The minimum Gasteiger partial charge on any atom is -0.482 e. The van der Waals surface area contributed by atoms with E-state index in [0.29, 0.717) is 24.5 Å². The smallest absolute Gasteiger partial charge is 0.252 e. The fourth-order valence-electron chi connectivity index (χ4n) is 2.95. The van der Waals surface area contributed by atoms with Gasteiger partial charge in [0.05, 0.1) is 48.9 Å². The zero-order valence-electron chi connectivity index (χ0n) is 13.8. The van der Waals surface area contributed by atoms with Gasteiger partial charge in [-0.1, -0.05) is 6.07 Å². The predicted molar refractivity (Wildman–Crippen MR) is 90.5 cm³/mol. The van der Waals surface area contributed by atoms with Crippen molar-refractivity contribution in [1.82, 2.24) is 25.3 Å². The largest absolute Gasteiger partial charge is 0.482 e. The number of carbonyl (C=O) groups excluding carboxylic acids is 1. The van der Waals surface area contributed by atoms with Crippen LogP contribution in [0.4, 0.5) is 0 Å². The van der Waals surface area contributed by atoms with Gasteiger partial charge in [-0.3, -0.25) is 14.6 Å². The van der Waals surface area contributed by atoms with Crippen molar-refractivity contribution in [2.24, 2.45) is 0 Å². The molecule has 1 aliphatic heterocycles. The Morgan fingerprint density at radius 1 is 1.44 bits per heavy atom. The number of benzene rings is 1. The highest BCUT2D eigenvalue weighted by atomic mass is 16.5. The minimum absolute atomic E-state index is 0.166. The van der Waals surface area contributed by atoms with Crippen LogP contribution in [0, 0.1) is 0 Å². The van der Waals surface area contributed by atoms with Crippen LogP contribution in [-0.2, 0) is 11.3 Å². The molecular weight excluding hydrogens is 322 g/mol. The molecule has 1 saturated heterocycles. The van der Waals surface area contributed by atoms with Crippen LogP contribution in [0.1, 0.15) is 17.3 Å². The van der Waals surface area contributed by atoms with Gasteiger partial charge >= 0.3 is 0 Å². The van der Waals surface area contributed by atoms with Crippen molar-refractivity contribution < 1.29 is 14.3 Å². The minimum atomic E-state index is -0.248. The molecule has 0 unspecified atom stereocenters. The number of aromatic amines is 1. The van der Waals surface area contributed by atoms with Gasteiger partial charge in [-0.25, -0.2) is 0 Å². The Kier molecular flexibility index (Phi) is 4.10. The lowest BCUT2D eigenvalue weighted by Gasteiger charge is -2.19. The van der Waals surface area contributed by atoms with Crippen molar-refractivity contribution in [2.45, 2.75) is 25.6 Å². The van der Waals surface area contributed by atoms with E-state index >= 15 is 0 Å². The van der Waals surface area contributed by atoms with E-state index < -0.39 is 0 Å². The molecule has 1 aromatic carbocycles. The highest BCUT2D eigenvalue weighted by Gasteiger charge is 2.32. The number of carbonyl (C=O) groups is 1. The Labute approximate surface area is 144 Å². The van der Waals surface area contributed by atoms with Crippen LogP contribution < -0.4 is 10.1 Å². The summed E-state index contributed by atoms with van der Waals surface area (Å²) >= 11 is 0. The van der Waals surface area contributed by atoms with E-state index in [1.165, 1.54) is 0 Å². The lowest BCUT2D eigenvalue weighted by atomic mass is 10.1. The molecule has 0 radical (unpaired) electrons. The van der Waals surface area contributed by atoms with Crippen LogP contribution in [0.15, 0.2) is 36.8 Å². The maximum absolute atomic E-state index is 12.7. The summed E-state index contributed by atoms with van der Waals surface area (Å²) in [5, 5.41) is 14.9. The summed E-state index contributed by atoms with van der Waals surface area (Å²) in [5.74, 6) is 0.508. The van der Waals surface area contributed by atoms with Crippen LogP contribution in [0.25, 0.3) is 10.9 Å². The number of hydrogen-bond acceptors (Lipinski definition) is 5. The molecule has 130 valence electrons. The molecule has 1 aliphatic rings. The molecule has 2 N–H and O–H groups in total. The van der Waals surface area contributed by atoms with Crippen LogP contribution in [0.2, 0.25) is 0 Å². The molecule has 0 aliphatic carbocycles. The average Bonchev–Trinajstić information content (AvgIpc) is 3.35. The number of hydrogen-bond donors (Lipinski definition) is 2. The van der Waals surface area contributed by atoms with Gasteiger partial charge in [0.15, 0.2) is 5.75 Å². The molecule has 0 bridgehead atoms. The van der Waals surface area contributed by atoms with E-state index in [-0.39, 0.29) is 18.1 Å². The normalized spacial score (nSPS) is 20.0. The number of nitrogens with one attached hydrogen (secondary N) is 2. The molecule has 0 saturated carbocycles. The number of H-pyrrole nitrogens is 1. The van der Waals surface area contributed by atoms with E-state index in [9.17, 15) is 4.79 Å². The Morgan fingerprint density at radius 3 is 3.20 bits per heavy atom. The Balaban J connectivity index is 1.47. The molecule has 1 fully saturated rings. The quantitative estimate of drug-likeness (QED) is 0.731. The van der Waals surface area contributed by atoms with Gasteiger partial charge in [0.25, 0.3) is 5.91 Å². The van der Waals surface area contributed by atoms with E-state index in [4.69, 9.17) is 9.47 Å². The van der Waals surface area contributed by atoms with Crippen LogP contribution in [0.3, 0.4) is 0 Å². The van der Waals surface area contributed by atoms with Gasteiger partial charge in [-0.05, 0) is 19.1 Å². The first-order chi connectivity index (χ1) is 12.2. The van der Waals surface area contributed by atoms with Gasteiger partial charge in [0.1, 0.15) is 6.10 Å². The first-order valence-corrected chi connectivity index (χ1v) is 8.24. The highest BCUT2D eigenvalue weighted by Crippen LogP contribution is 2.19. The molecule has 25 heavy (non-hydrogen) atoms. The Bertz CT molecular complexity index is 887. The zero-order valence-corrected chi connectivity index (χ0v) is 13.8.